The van der Waals surface area contributed by atoms with Gasteiger partial charge in [-0.05, 0) is 36.0 Å². The monoisotopic (exact) mass is 280 g/mol. The summed E-state index contributed by atoms with van der Waals surface area (Å²) >= 11 is 0. The van der Waals surface area contributed by atoms with Crippen LogP contribution in [0.15, 0.2) is 18.2 Å². The largest absolute Gasteiger partial charge is 0.352 e. The Bertz CT molecular complexity index is 483. The molecule has 2 aliphatic rings. The number of benzene rings is 1. The topological polar surface area (TPSA) is 41.1 Å². The summed E-state index contributed by atoms with van der Waals surface area (Å²) < 4.78 is 0. The summed E-state index contributed by atoms with van der Waals surface area (Å²) in [6.07, 6.45) is 3.08. The predicted octanol–water partition coefficient (Wildman–Crippen LogP) is 2.52. The molecule has 1 aliphatic heterocycles. The van der Waals surface area contributed by atoms with Crippen molar-refractivity contribution in [2.45, 2.75) is 45.8 Å². The first-order chi connectivity index (χ1) is 8.73. The van der Waals surface area contributed by atoms with E-state index in [1.807, 2.05) is 0 Å². The molecule has 19 heavy (non-hydrogen) atoms. The zero-order chi connectivity index (χ0) is 12.6. The summed E-state index contributed by atoms with van der Waals surface area (Å²) in [5.74, 6) is 0.239. The first-order valence-electron chi connectivity index (χ1n) is 6.83. The normalized spacial score (nSPS) is 18.4. The Morgan fingerprint density at radius 3 is 2.74 bits per heavy atom. The molecule has 4 heteroatoms. The summed E-state index contributed by atoms with van der Waals surface area (Å²) in [5, 5.41) is 6.42. The van der Waals surface area contributed by atoms with Gasteiger partial charge in [-0.15, -0.1) is 12.4 Å². The Hall–Kier alpha value is -1.06. The number of hydrogen-bond acceptors (Lipinski definition) is 2. The average Bonchev–Trinajstić information content (AvgIpc) is 3.07. The molecular formula is C15H21ClN2O. The maximum Gasteiger partial charge on any atom is 0.226 e. The zero-order valence-electron chi connectivity index (χ0n) is 11.3. The number of hydrogen-bond donors (Lipinski definition) is 2. The van der Waals surface area contributed by atoms with Crippen LogP contribution in [0.3, 0.4) is 0 Å². The maximum atomic E-state index is 12.0. The smallest absolute Gasteiger partial charge is 0.226 e. The van der Waals surface area contributed by atoms with E-state index in [0.29, 0.717) is 6.54 Å². The van der Waals surface area contributed by atoms with Gasteiger partial charge in [-0.1, -0.05) is 25.1 Å². The Morgan fingerprint density at radius 2 is 2.05 bits per heavy atom. The molecule has 1 amide bonds. The Balaban J connectivity index is 0.00000133. The third kappa shape index (κ3) is 2.77. The van der Waals surface area contributed by atoms with Crippen molar-refractivity contribution < 1.29 is 4.79 Å². The van der Waals surface area contributed by atoms with Gasteiger partial charge >= 0.3 is 0 Å². The molecule has 0 bridgehead atoms. The minimum absolute atomic E-state index is 0. The number of rotatable bonds is 4. The number of carbonyl (C=O) groups is 1. The van der Waals surface area contributed by atoms with Crippen LogP contribution >= 0.6 is 12.4 Å². The number of fused-ring (bicyclic) bond motifs is 1. The molecule has 0 saturated heterocycles. The van der Waals surface area contributed by atoms with Crippen LogP contribution in [-0.2, 0) is 24.4 Å². The second-order valence-electron chi connectivity index (χ2n) is 5.52. The van der Waals surface area contributed by atoms with Gasteiger partial charge in [0, 0.05) is 25.0 Å². The lowest BCUT2D eigenvalue weighted by Gasteiger charge is -2.13. The van der Waals surface area contributed by atoms with E-state index in [1.54, 1.807) is 0 Å². The van der Waals surface area contributed by atoms with Gasteiger partial charge in [0.15, 0.2) is 0 Å². The molecule has 0 aromatic heterocycles. The molecule has 1 aromatic rings. The van der Waals surface area contributed by atoms with Crippen molar-refractivity contribution in [1.82, 2.24) is 10.6 Å². The highest BCUT2D eigenvalue weighted by molar-refractivity contribution is 5.85. The van der Waals surface area contributed by atoms with Crippen molar-refractivity contribution >= 4 is 18.3 Å². The zero-order valence-corrected chi connectivity index (χ0v) is 12.1. The van der Waals surface area contributed by atoms with E-state index < -0.39 is 0 Å². The van der Waals surface area contributed by atoms with Crippen molar-refractivity contribution in [3.8, 4) is 0 Å². The van der Waals surface area contributed by atoms with Gasteiger partial charge in [0.25, 0.3) is 0 Å². The summed E-state index contributed by atoms with van der Waals surface area (Å²) in [4.78, 5) is 12.0. The van der Waals surface area contributed by atoms with Crippen LogP contribution in [0.1, 0.15) is 42.9 Å². The molecule has 3 rings (SSSR count). The van der Waals surface area contributed by atoms with E-state index in [1.165, 1.54) is 16.7 Å². The van der Waals surface area contributed by atoms with E-state index in [0.717, 1.165) is 32.4 Å². The van der Waals surface area contributed by atoms with E-state index >= 15 is 0 Å². The van der Waals surface area contributed by atoms with Gasteiger partial charge in [0.05, 0.1) is 0 Å². The molecule has 104 valence electrons. The second-order valence-corrected chi connectivity index (χ2v) is 5.52. The molecule has 0 atom stereocenters. The highest BCUT2D eigenvalue weighted by Gasteiger charge is 2.47. The average molecular weight is 281 g/mol. The van der Waals surface area contributed by atoms with E-state index in [2.05, 4.69) is 35.8 Å². The Morgan fingerprint density at radius 1 is 1.32 bits per heavy atom. The summed E-state index contributed by atoms with van der Waals surface area (Å²) in [6.45, 7) is 4.69. The third-order valence-electron chi connectivity index (χ3n) is 4.37. The molecule has 1 aliphatic carbocycles. The lowest BCUT2D eigenvalue weighted by atomic mass is 10.0. The third-order valence-corrected chi connectivity index (χ3v) is 4.37. The first kappa shape index (κ1) is 14.4. The van der Waals surface area contributed by atoms with Crippen LogP contribution in [0.25, 0.3) is 0 Å². The van der Waals surface area contributed by atoms with Gasteiger partial charge in [-0.3, -0.25) is 4.79 Å². The molecule has 0 radical (unpaired) electrons. The predicted molar refractivity (Wildman–Crippen MR) is 78.0 cm³/mol. The Kier molecular flexibility index (Phi) is 4.16. The van der Waals surface area contributed by atoms with Crippen LogP contribution in [0.2, 0.25) is 0 Å². The summed E-state index contributed by atoms with van der Waals surface area (Å²) in [6, 6.07) is 6.50. The van der Waals surface area contributed by atoms with Crippen molar-refractivity contribution in [2.75, 3.05) is 0 Å². The SMILES string of the molecule is CCC1(C(=O)NCc2ccc3c(c2)CNC3)CC1.Cl. The lowest BCUT2D eigenvalue weighted by molar-refractivity contribution is -0.126. The molecule has 1 heterocycles. The molecule has 1 aromatic carbocycles. The molecule has 1 fully saturated rings. The van der Waals surface area contributed by atoms with Crippen molar-refractivity contribution in [2.24, 2.45) is 5.41 Å². The number of amides is 1. The van der Waals surface area contributed by atoms with Gasteiger partial charge in [0.1, 0.15) is 0 Å². The van der Waals surface area contributed by atoms with Gasteiger partial charge in [0.2, 0.25) is 5.91 Å². The molecule has 3 nitrogen and oxygen atoms in total. The highest BCUT2D eigenvalue weighted by Crippen LogP contribution is 2.48. The highest BCUT2D eigenvalue weighted by atomic mass is 35.5. The minimum atomic E-state index is -0.0295. The van der Waals surface area contributed by atoms with Gasteiger partial charge in [-0.25, -0.2) is 0 Å². The van der Waals surface area contributed by atoms with Crippen molar-refractivity contribution in [3.05, 3.63) is 34.9 Å². The number of halogens is 1. The standard InChI is InChI=1S/C15H20N2O.ClH/c1-2-15(5-6-15)14(18)17-8-11-3-4-12-9-16-10-13(12)7-11;/h3-4,7,16H,2,5-6,8-10H2,1H3,(H,17,18);1H. The summed E-state index contributed by atoms with van der Waals surface area (Å²) in [5.41, 5.74) is 3.94. The van der Waals surface area contributed by atoms with Gasteiger partial charge in [-0.2, -0.15) is 0 Å². The van der Waals surface area contributed by atoms with E-state index in [9.17, 15) is 4.79 Å². The van der Waals surface area contributed by atoms with E-state index in [4.69, 9.17) is 0 Å². The fourth-order valence-corrected chi connectivity index (χ4v) is 2.72. The first-order valence-corrected chi connectivity index (χ1v) is 6.83. The molecule has 0 spiro atoms. The van der Waals surface area contributed by atoms with Crippen LogP contribution in [0, 0.1) is 5.41 Å². The lowest BCUT2D eigenvalue weighted by Crippen LogP contribution is -2.31. The Labute approximate surface area is 120 Å². The number of carbonyl (C=O) groups excluding carboxylic acids is 1. The fraction of sp³-hybridized carbons (Fsp3) is 0.533. The molecule has 2 N–H and O–H groups in total. The van der Waals surface area contributed by atoms with Crippen LogP contribution in [-0.4, -0.2) is 5.91 Å². The molecular weight excluding hydrogens is 260 g/mol. The van der Waals surface area contributed by atoms with Crippen molar-refractivity contribution in [1.29, 1.82) is 0 Å². The number of nitrogens with one attached hydrogen (secondary N) is 2. The van der Waals surface area contributed by atoms with Crippen LogP contribution in [0.5, 0.6) is 0 Å². The quantitative estimate of drug-likeness (QED) is 0.890. The summed E-state index contributed by atoms with van der Waals surface area (Å²) in [7, 11) is 0. The van der Waals surface area contributed by atoms with Gasteiger partial charge < -0.3 is 10.6 Å². The minimum Gasteiger partial charge on any atom is -0.352 e. The molecule has 1 saturated carbocycles. The second kappa shape index (κ2) is 5.51. The van der Waals surface area contributed by atoms with Crippen LogP contribution < -0.4 is 10.6 Å². The fourth-order valence-electron chi connectivity index (χ4n) is 2.72. The van der Waals surface area contributed by atoms with Crippen molar-refractivity contribution in [3.63, 3.8) is 0 Å². The van der Waals surface area contributed by atoms with E-state index in [-0.39, 0.29) is 23.7 Å². The molecule has 0 unspecified atom stereocenters. The van der Waals surface area contributed by atoms with Crippen LogP contribution in [0.4, 0.5) is 0 Å². The maximum absolute atomic E-state index is 12.0.